The van der Waals surface area contributed by atoms with Crippen molar-refractivity contribution in [2.24, 2.45) is 0 Å². The minimum Gasteiger partial charge on any atom is -0.348 e. The number of hydrogen-bond donors (Lipinski definition) is 1. The number of benzene rings is 3. The summed E-state index contributed by atoms with van der Waals surface area (Å²) in [7, 11) is -3.75. The SMILES string of the molecule is Cc1ccc(S(=O)(=O)n2c3ccccc3c3ccc(Cc4cnc[nH]4)cc32)cc1. The van der Waals surface area contributed by atoms with Crippen LogP contribution in [0.1, 0.15) is 16.8 Å². The van der Waals surface area contributed by atoms with E-state index < -0.39 is 10.0 Å². The molecular weight excluding hydrogens is 382 g/mol. The summed E-state index contributed by atoms with van der Waals surface area (Å²) in [5, 5.41) is 1.84. The second-order valence-electron chi connectivity index (χ2n) is 7.20. The van der Waals surface area contributed by atoms with Crippen LogP contribution in [0.2, 0.25) is 0 Å². The third-order valence-electron chi connectivity index (χ3n) is 5.20. The minimum atomic E-state index is -3.75. The molecule has 1 N–H and O–H groups in total. The highest BCUT2D eigenvalue weighted by Gasteiger charge is 2.23. The first kappa shape index (κ1) is 17.7. The molecule has 0 fully saturated rings. The van der Waals surface area contributed by atoms with Gasteiger partial charge in [-0.3, -0.25) is 0 Å². The lowest BCUT2D eigenvalue weighted by Gasteiger charge is -2.10. The molecule has 0 aliphatic carbocycles. The van der Waals surface area contributed by atoms with Crippen LogP contribution in [0.5, 0.6) is 0 Å². The summed E-state index contributed by atoms with van der Waals surface area (Å²) in [6.45, 7) is 1.94. The number of imidazole rings is 1. The highest BCUT2D eigenvalue weighted by atomic mass is 32.2. The maximum Gasteiger partial charge on any atom is 0.268 e. The number of H-pyrrole nitrogens is 1. The van der Waals surface area contributed by atoms with Gasteiger partial charge in [-0.15, -0.1) is 0 Å². The number of rotatable bonds is 4. The van der Waals surface area contributed by atoms with Gasteiger partial charge in [-0.25, -0.2) is 17.4 Å². The summed E-state index contributed by atoms with van der Waals surface area (Å²) in [6, 6.07) is 20.6. The van der Waals surface area contributed by atoms with Crippen molar-refractivity contribution in [2.45, 2.75) is 18.2 Å². The Balaban J connectivity index is 1.78. The fourth-order valence-electron chi connectivity index (χ4n) is 3.77. The van der Waals surface area contributed by atoms with E-state index in [0.29, 0.717) is 17.5 Å². The molecule has 2 heterocycles. The fourth-order valence-corrected chi connectivity index (χ4v) is 5.29. The van der Waals surface area contributed by atoms with Crippen LogP contribution in [0.3, 0.4) is 0 Å². The van der Waals surface area contributed by atoms with Crippen molar-refractivity contribution in [2.75, 3.05) is 0 Å². The number of para-hydroxylation sites is 1. The van der Waals surface area contributed by atoms with Crippen molar-refractivity contribution in [3.8, 4) is 0 Å². The van der Waals surface area contributed by atoms with Crippen LogP contribution in [-0.4, -0.2) is 22.4 Å². The van der Waals surface area contributed by atoms with Crippen LogP contribution in [0.4, 0.5) is 0 Å². The third kappa shape index (κ3) is 2.93. The minimum absolute atomic E-state index is 0.282. The van der Waals surface area contributed by atoms with Gasteiger partial charge in [0.05, 0.1) is 22.3 Å². The number of aromatic nitrogens is 3. The molecule has 0 spiro atoms. The maximum atomic E-state index is 13.6. The van der Waals surface area contributed by atoms with Crippen LogP contribution in [0.25, 0.3) is 21.8 Å². The Kier molecular flexibility index (Phi) is 4.03. The van der Waals surface area contributed by atoms with Crippen molar-refractivity contribution in [3.63, 3.8) is 0 Å². The molecule has 0 radical (unpaired) electrons. The van der Waals surface area contributed by atoms with Crippen molar-refractivity contribution in [3.05, 3.63) is 96.1 Å². The zero-order chi connectivity index (χ0) is 20.0. The Morgan fingerprint density at radius 3 is 2.45 bits per heavy atom. The number of aromatic amines is 1. The normalized spacial score (nSPS) is 12.0. The molecule has 5 aromatic rings. The lowest BCUT2D eigenvalue weighted by molar-refractivity contribution is 0.590. The van der Waals surface area contributed by atoms with Gasteiger partial charge in [0, 0.05) is 29.1 Å². The highest BCUT2D eigenvalue weighted by molar-refractivity contribution is 7.90. The summed E-state index contributed by atoms with van der Waals surface area (Å²) >= 11 is 0. The van der Waals surface area contributed by atoms with Crippen LogP contribution in [-0.2, 0) is 16.4 Å². The van der Waals surface area contributed by atoms with Gasteiger partial charge in [0.1, 0.15) is 0 Å². The van der Waals surface area contributed by atoms with Crippen LogP contribution >= 0.6 is 0 Å². The molecule has 0 unspecified atom stereocenters. The lowest BCUT2D eigenvalue weighted by Crippen LogP contribution is -2.12. The molecule has 29 heavy (non-hydrogen) atoms. The molecule has 3 aromatic carbocycles. The first-order chi connectivity index (χ1) is 14.0. The van der Waals surface area contributed by atoms with E-state index >= 15 is 0 Å². The summed E-state index contributed by atoms with van der Waals surface area (Å²) in [5.74, 6) is 0. The monoisotopic (exact) mass is 401 g/mol. The van der Waals surface area contributed by atoms with Crippen molar-refractivity contribution in [1.82, 2.24) is 13.9 Å². The van der Waals surface area contributed by atoms with Gasteiger partial charge in [0.25, 0.3) is 10.0 Å². The van der Waals surface area contributed by atoms with E-state index in [4.69, 9.17) is 0 Å². The molecule has 0 saturated carbocycles. The van der Waals surface area contributed by atoms with Crippen molar-refractivity contribution >= 4 is 31.8 Å². The topological polar surface area (TPSA) is 67.8 Å². The maximum absolute atomic E-state index is 13.6. The second kappa shape index (κ2) is 6.60. The number of aryl methyl sites for hydroxylation is 1. The van der Waals surface area contributed by atoms with Crippen LogP contribution < -0.4 is 0 Å². The quantitative estimate of drug-likeness (QED) is 0.476. The summed E-state index contributed by atoms with van der Waals surface area (Å²) in [4.78, 5) is 7.44. The number of nitrogens with one attached hydrogen (secondary N) is 1. The van der Waals surface area contributed by atoms with Gasteiger partial charge in [-0.05, 0) is 36.8 Å². The molecule has 0 saturated heterocycles. The molecule has 5 nitrogen and oxygen atoms in total. The fraction of sp³-hybridized carbons (Fsp3) is 0.0870. The molecular formula is C23H19N3O2S. The van der Waals surface area contributed by atoms with E-state index in [1.54, 1.807) is 24.7 Å². The molecule has 6 heteroatoms. The molecule has 0 aliphatic heterocycles. The lowest BCUT2D eigenvalue weighted by atomic mass is 10.1. The first-order valence-corrected chi connectivity index (χ1v) is 10.8. The van der Waals surface area contributed by atoms with E-state index in [2.05, 4.69) is 9.97 Å². The predicted molar refractivity (Wildman–Crippen MR) is 115 cm³/mol. The van der Waals surface area contributed by atoms with E-state index in [9.17, 15) is 8.42 Å². The highest BCUT2D eigenvalue weighted by Crippen LogP contribution is 2.33. The van der Waals surface area contributed by atoms with Gasteiger partial charge >= 0.3 is 0 Å². The smallest absolute Gasteiger partial charge is 0.268 e. The average Bonchev–Trinajstić information content (AvgIpc) is 3.34. The largest absolute Gasteiger partial charge is 0.348 e. The molecule has 0 amide bonds. The summed E-state index contributed by atoms with van der Waals surface area (Å²) in [6.07, 6.45) is 4.08. The summed E-state index contributed by atoms with van der Waals surface area (Å²) < 4.78 is 28.7. The van der Waals surface area contributed by atoms with Gasteiger partial charge < -0.3 is 4.98 Å². The van der Waals surface area contributed by atoms with E-state index in [0.717, 1.165) is 27.6 Å². The van der Waals surface area contributed by atoms with Gasteiger partial charge in [0.15, 0.2) is 0 Å². The Labute approximate surface area is 168 Å². The van der Waals surface area contributed by atoms with E-state index in [1.165, 1.54) is 3.97 Å². The zero-order valence-corrected chi connectivity index (χ0v) is 16.6. The van der Waals surface area contributed by atoms with Gasteiger partial charge in [0.2, 0.25) is 0 Å². The number of fused-ring (bicyclic) bond motifs is 3. The number of nitrogens with zero attached hydrogens (tertiary/aromatic N) is 2. The van der Waals surface area contributed by atoms with Gasteiger partial charge in [-0.1, -0.05) is 48.0 Å². The predicted octanol–water partition coefficient (Wildman–Crippen LogP) is 4.65. The Bertz CT molecular complexity index is 1430. The second-order valence-corrected chi connectivity index (χ2v) is 8.99. The van der Waals surface area contributed by atoms with Crippen molar-refractivity contribution in [1.29, 1.82) is 0 Å². The Hall–Kier alpha value is -3.38. The average molecular weight is 401 g/mol. The molecule has 144 valence electrons. The molecule has 2 aromatic heterocycles. The van der Waals surface area contributed by atoms with Crippen LogP contribution in [0, 0.1) is 6.92 Å². The van der Waals surface area contributed by atoms with Crippen molar-refractivity contribution < 1.29 is 8.42 Å². The van der Waals surface area contributed by atoms with Crippen LogP contribution in [0.15, 0.2) is 84.1 Å². The van der Waals surface area contributed by atoms with E-state index in [-0.39, 0.29) is 4.90 Å². The first-order valence-electron chi connectivity index (χ1n) is 9.35. The molecule has 0 atom stereocenters. The molecule has 0 bridgehead atoms. The summed E-state index contributed by atoms with van der Waals surface area (Å²) in [5.41, 5.74) is 4.39. The Morgan fingerprint density at radius 2 is 1.69 bits per heavy atom. The standard InChI is InChI=1S/C23H19N3O2S/c1-16-6-9-19(10-7-16)29(27,28)26-22-5-3-2-4-20(22)21-11-8-17(13-23(21)26)12-18-14-24-15-25-18/h2-11,13-15H,12H2,1H3,(H,24,25). The molecule has 5 rings (SSSR count). The molecule has 0 aliphatic rings. The zero-order valence-electron chi connectivity index (χ0n) is 15.8. The van der Waals surface area contributed by atoms with Gasteiger partial charge in [-0.2, -0.15) is 0 Å². The van der Waals surface area contributed by atoms with E-state index in [1.807, 2.05) is 61.5 Å². The number of hydrogen-bond acceptors (Lipinski definition) is 3. The Morgan fingerprint density at radius 1 is 0.931 bits per heavy atom. The third-order valence-corrected chi connectivity index (χ3v) is 6.94.